The van der Waals surface area contributed by atoms with Gasteiger partial charge in [-0.1, -0.05) is 41.4 Å². The molecule has 0 fully saturated rings. The van der Waals surface area contributed by atoms with Crippen molar-refractivity contribution in [3.8, 4) is 5.75 Å². The van der Waals surface area contributed by atoms with Crippen LogP contribution in [0.5, 0.6) is 5.75 Å². The number of benzene rings is 3. The largest absolute Gasteiger partial charge is 0.495 e. The van der Waals surface area contributed by atoms with Crippen molar-refractivity contribution in [3.63, 3.8) is 0 Å². The van der Waals surface area contributed by atoms with Crippen LogP contribution in [0.4, 0.5) is 5.69 Å². The number of aryl methyl sites for hydroxylation is 1. The molecule has 0 unspecified atom stereocenters. The van der Waals surface area contributed by atoms with Gasteiger partial charge in [-0.2, -0.15) is 0 Å². The van der Waals surface area contributed by atoms with Gasteiger partial charge in [-0.3, -0.25) is 4.79 Å². The molecule has 0 saturated carbocycles. The summed E-state index contributed by atoms with van der Waals surface area (Å²) in [5, 5.41) is 3.32. The second-order valence-corrected chi connectivity index (χ2v) is 8.81. The second-order valence-electron chi connectivity index (χ2n) is 6.64. The summed E-state index contributed by atoms with van der Waals surface area (Å²) in [7, 11) is -2.56. The van der Waals surface area contributed by atoms with Crippen LogP contribution in [0.25, 0.3) is 0 Å². The zero-order valence-electron chi connectivity index (χ0n) is 16.5. The van der Waals surface area contributed by atoms with E-state index in [1.54, 1.807) is 36.4 Å². The van der Waals surface area contributed by atoms with Crippen LogP contribution < -0.4 is 14.8 Å². The van der Waals surface area contributed by atoms with E-state index >= 15 is 0 Å². The van der Waals surface area contributed by atoms with Crippen molar-refractivity contribution in [1.82, 2.24) is 4.72 Å². The van der Waals surface area contributed by atoms with Gasteiger partial charge in [0.1, 0.15) is 10.6 Å². The van der Waals surface area contributed by atoms with Gasteiger partial charge < -0.3 is 10.1 Å². The van der Waals surface area contributed by atoms with Gasteiger partial charge in [0.2, 0.25) is 10.0 Å². The van der Waals surface area contributed by atoms with E-state index < -0.39 is 15.9 Å². The highest BCUT2D eigenvalue weighted by Gasteiger charge is 2.21. The number of anilines is 1. The molecule has 0 atom stereocenters. The number of halogens is 1. The summed E-state index contributed by atoms with van der Waals surface area (Å²) in [6, 6.07) is 18.4. The zero-order chi connectivity index (χ0) is 21.7. The molecule has 0 radical (unpaired) electrons. The van der Waals surface area contributed by atoms with Gasteiger partial charge >= 0.3 is 0 Å². The lowest BCUT2D eigenvalue weighted by Crippen LogP contribution is -2.24. The lowest BCUT2D eigenvalue weighted by molar-refractivity contribution is 0.102. The average Bonchev–Trinajstić information content (AvgIpc) is 2.74. The third-order valence-electron chi connectivity index (χ3n) is 4.40. The molecule has 0 spiro atoms. The minimum atomic E-state index is -3.93. The Morgan fingerprint density at radius 2 is 1.67 bits per heavy atom. The highest BCUT2D eigenvalue weighted by molar-refractivity contribution is 7.89. The molecule has 3 rings (SSSR count). The number of rotatable bonds is 7. The Labute approximate surface area is 180 Å². The number of amides is 1. The van der Waals surface area contributed by atoms with Crippen LogP contribution in [-0.4, -0.2) is 21.4 Å². The number of carbonyl (C=O) groups excluding carboxylic acids is 1. The third-order valence-corrected chi connectivity index (χ3v) is 6.08. The molecule has 0 aliphatic rings. The Balaban J connectivity index is 1.82. The maximum absolute atomic E-state index is 12.9. The smallest absolute Gasteiger partial charge is 0.255 e. The second kappa shape index (κ2) is 9.30. The molecule has 0 heterocycles. The standard InChI is InChI=1S/C22H21ClN2O4S/c1-15-3-10-19(11-4-15)25-22(26)17-7-12-20(29-2)21(13-17)30(27,28)24-14-16-5-8-18(23)9-6-16/h3-13,24H,14H2,1-2H3,(H,25,26). The summed E-state index contributed by atoms with van der Waals surface area (Å²) in [5.74, 6) is -0.277. The van der Waals surface area contributed by atoms with Gasteiger partial charge in [-0.15, -0.1) is 0 Å². The van der Waals surface area contributed by atoms with E-state index in [1.165, 1.54) is 25.3 Å². The monoisotopic (exact) mass is 444 g/mol. The summed E-state index contributed by atoms with van der Waals surface area (Å²) in [4.78, 5) is 12.5. The Morgan fingerprint density at radius 1 is 1.00 bits per heavy atom. The van der Waals surface area contributed by atoms with Gasteiger partial charge in [0.25, 0.3) is 5.91 Å². The molecular formula is C22H21ClN2O4S. The summed E-state index contributed by atoms with van der Waals surface area (Å²) in [6.07, 6.45) is 0. The molecule has 3 aromatic carbocycles. The van der Waals surface area contributed by atoms with Crippen LogP contribution in [0.3, 0.4) is 0 Å². The van der Waals surface area contributed by atoms with E-state index in [9.17, 15) is 13.2 Å². The fourth-order valence-electron chi connectivity index (χ4n) is 2.73. The first kappa shape index (κ1) is 21.8. The average molecular weight is 445 g/mol. The van der Waals surface area contributed by atoms with E-state index in [0.29, 0.717) is 10.7 Å². The molecule has 3 aromatic rings. The molecule has 0 bridgehead atoms. The van der Waals surface area contributed by atoms with Crippen molar-refractivity contribution in [2.75, 3.05) is 12.4 Å². The van der Waals surface area contributed by atoms with E-state index in [0.717, 1.165) is 11.1 Å². The third kappa shape index (κ3) is 5.38. The van der Waals surface area contributed by atoms with Gasteiger partial charge in [-0.25, -0.2) is 13.1 Å². The number of carbonyl (C=O) groups is 1. The number of hydrogen-bond acceptors (Lipinski definition) is 4. The van der Waals surface area contributed by atoms with E-state index in [2.05, 4.69) is 10.0 Å². The minimum absolute atomic E-state index is 0.0719. The minimum Gasteiger partial charge on any atom is -0.495 e. The van der Waals surface area contributed by atoms with Crippen molar-refractivity contribution in [2.45, 2.75) is 18.4 Å². The first-order valence-corrected chi connectivity index (χ1v) is 10.9. The SMILES string of the molecule is COc1ccc(C(=O)Nc2ccc(C)cc2)cc1S(=O)(=O)NCc1ccc(Cl)cc1. The van der Waals surface area contributed by atoms with Crippen LogP contribution >= 0.6 is 11.6 Å². The van der Waals surface area contributed by atoms with Crippen molar-refractivity contribution >= 4 is 33.2 Å². The highest BCUT2D eigenvalue weighted by Crippen LogP contribution is 2.26. The van der Waals surface area contributed by atoms with Crippen LogP contribution in [0.1, 0.15) is 21.5 Å². The van der Waals surface area contributed by atoms with E-state index in [4.69, 9.17) is 16.3 Å². The van der Waals surface area contributed by atoms with Crippen LogP contribution in [0, 0.1) is 6.92 Å². The molecule has 0 aliphatic carbocycles. The highest BCUT2D eigenvalue weighted by atomic mass is 35.5. The first-order valence-electron chi connectivity index (χ1n) is 9.08. The van der Waals surface area contributed by atoms with Gasteiger partial charge in [0.05, 0.1) is 7.11 Å². The lowest BCUT2D eigenvalue weighted by atomic mass is 10.2. The normalized spacial score (nSPS) is 11.2. The predicted molar refractivity (Wildman–Crippen MR) is 118 cm³/mol. The van der Waals surface area contributed by atoms with Gasteiger partial charge in [-0.05, 0) is 55.0 Å². The van der Waals surface area contributed by atoms with E-state index in [1.807, 2.05) is 19.1 Å². The molecule has 0 saturated heterocycles. The predicted octanol–water partition coefficient (Wildman–Crippen LogP) is 4.39. The maximum atomic E-state index is 12.9. The molecular weight excluding hydrogens is 424 g/mol. The summed E-state index contributed by atoms with van der Waals surface area (Å²) in [6.45, 7) is 2.02. The van der Waals surface area contributed by atoms with Crippen molar-refractivity contribution in [1.29, 1.82) is 0 Å². The Morgan fingerprint density at radius 3 is 2.30 bits per heavy atom. The lowest BCUT2D eigenvalue weighted by Gasteiger charge is -2.13. The number of hydrogen-bond donors (Lipinski definition) is 2. The maximum Gasteiger partial charge on any atom is 0.255 e. The molecule has 2 N–H and O–H groups in total. The van der Waals surface area contributed by atoms with Gasteiger partial charge in [0.15, 0.2) is 0 Å². The zero-order valence-corrected chi connectivity index (χ0v) is 18.0. The van der Waals surface area contributed by atoms with Crippen molar-refractivity contribution in [2.24, 2.45) is 0 Å². The molecule has 1 amide bonds. The van der Waals surface area contributed by atoms with Gasteiger partial charge in [0, 0.05) is 22.8 Å². The number of nitrogens with one attached hydrogen (secondary N) is 2. The molecule has 156 valence electrons. The van der Waals surface area contributed by atoms with E-state index in [-0.39, 0.29) is 22.8 Å². The quantitative estimate of drug-likeness (QED) is 0.566. The fraction of sp³-hybridized carbons (Fsp3) is 0.136. The number of ether oxygens (including phenoxy) is 1. The Kier molecular flexibility index (Phi) is 6.77. The fourth-order valence-corrected chi connectivity index (χ4v) is 4.06. The summed E-state index contributed by atoms with van der Waals surface area (Å²) >= 11 is 5.86. The molecule has 8 heteroatoms. The Bertz CT molecular complexity index is 1140. The topological polar surface area (TPSA) is 84.5 Å². The number of sulfonamides is 1. The van der Waals surface area contributed by atoms with Crippen LogP contribution in [-0.2, 0) is 16.6 Å². The summed E-state index contributed by atoms with van der Waals surface area (Å²) < 4.78 is 33.5. The molecule has 6 nitrogen and oxygen atoms in total. The van der Waals surface area contributed by atoms with Crippen molar-refractivity contribution < 1.29 is 17.9 Å². The van der Waals surface area contributed by atoms with Crippen LogP contribution in [0.15, 0.2) is 71.6 Å². The van der Waals surface area contributed by atoms with Crippen molar-refractivity contribution in [3.05, 3.63) is 88.4 Å². The summed E-state index contributed by atoms with van der Waals surface area (Å²) in [5.41, 5.74) is 2.63. The molecule has 0 aliphatic heterocycles. The first-order chi connectivity index (χ1) is 14.3. The molecule has 30 heavy (non-hydrogen) atoms. The Hall–Kier alpha value is -2.87. The molecule has 0 aromatic heterocycles. The van der Waals surface area contributed by atoms with Crippen LogP contribution in [0.2, 0.25) is 5.02 Å². The number of methoxy groups -OCH3 is 1.